The molecule has 0 atom stereocenters. The molecule has 0 heterocycles. The number of benzene rings is 1. The Hall–Kier alpha value is -1.64. The van der Waals surface area contributed by atoms with Crippen molar-refractivity contribution in [2.24, 2.45) is 5.16 Å². The first-order chi connectivity index (χ1) is 5.77. The van der Waals surface area contributed by atoms with Crippen molar-refractivity contribution in [2.75, 3.05) is 0 Å². The van der Waals surface area contributed by atoms with Gasteiger partial charge in [-0.3, -0.25) is 0 Å². The van der Waals surface area contributed by atoms with Gasteiger partial charge >= 0.3 is 0 Å². The highest BCUT2D eigenvalue weighted by Gasteiger charge is 1.98. The molecule has 0 aliphatic heterocycles. The van der Waals surface area contributed by atoms with Crippen LogP contribution in [0.25, 0.3) is 0 Å². The molecule has 0 aromatic heterocycles. The predicted molar refractivity (Wildman–Crippen MR) is 44.9 cm³/mol. The van der Waals surface area contributed by atoms with Gasteiger partial charge in [0, 0.05) is 5.56 Å². The summed E-state index contributed by atoms with van der Waals surface area (Å²) in [6, 6.07) is 5.63. The molecule has 0 bridgehead atoms. The molecule has 62 valence electrons. The van der Waals surface area contributed by atoms with Gasteiger partial charge in [0.15, 0.2) is 0 Å². The van der Waals surface area contributed by atoms with Crippen molar-refractivity contribution >= 4 is 5.71 Å². The third-order valence-electron chi connectivity index (χ3n) is 1.44. The zero-order valence-corrected chi connectivity index (χ0v) is 6.37. The molecule has 0 unspecified atom stereocenters. The van der Waals surface area contributed by atoms with Crippen LogP contribution in [0.2, 0.25) is 0 Å². The fourth-order valence-corrected chi connectivity index (χ4v) is 0.837. The highest BCUT2D eigenvalue weighted by atomic mass is 19.1. The van der Waals surface area contributed by atoms with Gasteiger partial charge in [-0.05, 0) is 30.3 Å². The zero-order chi connectivity index (χ0) is 8.97. The Morgan fingerprint density at radius 3 is 2.42 bits per heavy atom. The normalized spacial score (nSPS) is 11.2. The van der Waals surface area contributed by atoms with E-state index in [2.05, 4.69) is 11.7 Å². The molecule has 1 aromatic carbocycles. The molecule has 2 nitrogen and oxygen atoms in total. The quantitative estimate of drug-likeness (QED) is 0.406. The lowest BCUT2D eigenvalue weighted by Gasteiger charge is -1.97. The zero-order valence-electron chi connectivity index (χ0n) is 6.37. The van der Waals surface area contributed by atoms with Crippen molar-refractivity contribution in [2.45, 2.75) is 0 Å². The summed E-state index contributed by atoms with van der Waals surface area (Å²) in [6.07, 6.45) is 1.40. The molecule has 0 spiro atoms. The van der Waals surface area contributed by atoms with Crippen LogP contribution in [0.3, 0.4) is 0 Å². The summed E-state index contributed by atoms with van der Waals surface area (Å²) >= 11 is 0. The molecule has 0 saturated carbocycles. The lowest BCUT2D eigenvalue weighted by Crippen LogP contribution is -1.95. The molecule has 0 aliphatic rings. The molecule has 1 N–H and O–H groups in total. The number of nitrogens with zero attached hydrogens (tertiary/aromatic N) is 1. The Kier molecular flexibility index (Phi) is 2.58. The van der Waals surface area contributed by atoms with Gasteiger partial charge in [-0.2, -0.15) is 0 Å². The Morgan fingerprint density at radius 2 is 2.00 bits per heavy atom. The van der Waals surface area contributed by atoms with E-state index in [9.17, 15) is 4.39 Å². The van der Waals surface area contributed by atoms with Crippen molar-refractivity contribution < 1.29 is 9.60 Å². The highest BCUT2D eigenvalue weighted by molar-refractivity contribution is 6.07. The van der Waals surface area contributed by atoms with Gasteiger partial charge in [-0.1, -0.05) is 11.7 Å². The van der Waals surface area contributed by atoms with Gasteiger partial charge in [-0.15, -0.1) is 0 Å². The van der Waals surface area contributed by atoms with Crippen molar-refractivity contribution in [3.8, 4) is 0 Å². The standard InChI is InChI=1S/C9H8FNO/c1-2-9(11-12)7-3-5-8(10)6-4-7/h2-6,12H,1H2. The maximum atomic E-state index is 12.4. The summed E-state index contributed by atoms with van der Waals surface area (Å²) in [5, 5.41) is 11.5. The number of rotatable bonds is 2. The smallest absolute Gasteiger partial charge is 0.123 e. The minimum Gasteiger partial charge on any atom is -0.410 e. The largest absolute Gasteiger partial charge is 0.410 e. The van der Waals surface area contributed by atoms with Crippen molar-refractivity contribution in [1.29, 1.82) is 0 Å². The molecule has 0 radical (unpaired) electrons. The maximum Gasteiger partial charge on any atom is 0.123 e. The number of halogens is 1. The lowest BCUT2D eigenvalue weighted by molar-refractivity contribution is 0.320. The van der Waals surface area contributed by atoms with E-state index in [4.69, 9.17) is 5.21 Å². The maximum absolute atomic E-state index is 12.4. The lowest BCUT2D eigenvalue weighted by atomic mass is 10.1. The third kappa shape index (κ3) is 1.69. The van der Waals surface area contributed by atoms with E-state index in [1.807, 2.05) is 0 Å². The van der Waals surface area contributed by atoms with Crippen molar-refractivity contribution in [1.82, 2.24) is 0 Å². The van der Waals surface area contributed by atoms with Crippen LogP contribution in [0.4, 0.5) is 4.39 Å². The van der Waals surface area contributed by atoms with Crippen LogP contribution < -0.4 is 0 Å². The molecule has 0 fully saturated rings. The first-order valence-electron chi connectivity index (χ1n) is 3.38. The summed E-state index contributed by atoms with van der Waals surface area (Å²) < 4.78 is 12.4. The Labute approximate surface area is 69.6 Å². The average molecular weight is 165 g/mol. The molecular formula is C9H8FNO. The Morgan fingerprint density at radius 1 is 1.42 bits per heavy atom. The van der Waals surface area contributed by atoms with Crippen LogP contribution in [0.5, 0.6) is 0 Å². The van der Waals surface area contributed by atoms with E-state index in [0.717, 1.165) is 0 Å². The van der Waals surface area contributed by atoms with E-state index in [-0.39, 0.29) is 5.82 Å². The Bertz CT molecular complexity index is 303. The predicted octanol–water partition coefficient (Wildman–Crippen LogP) is 2.19. The third-order valence-corrected chi connectivity index (χ3v) is 1.44. The molecule has 0 amide bonds. The Balaban J connectivity index is 3.04. The summed E-state index contributed by atoms with van der Waals surface area (Å²) in [7, 11) is 0. The first kappa shape index (κ1) is 8.46. The van der Waals surface area contributed by atoms with Crippen LogP contribution >= 0.6 is 0 Å². The second-order valence-electron chi connectivity index (χ2n) is 2.20. The molecule has 0 aliphatic carbocycles. The van der Waals surface area contributed by atoms with E-state index in [1.165, 1.54) is 30.3 Å². The average Bonchev–Trinajstić information content (AvgIpc) is 2.10. The number of hydrogen-bond donors (Lipinski definition) is 1. The van der Waals surface area contributed by atoms with E-state index < -0.39 is 0 Å². The van der Waals surface area contributed by atoms with Crippen molar-refractivity contribution in [3.05, 3.63) is 48.3 Å². The molecule has 1 aromatic rings. The molecule has 0 saturated heterocycles. The van der Waals surface area contributed by atoms with E-state index in [0.29, 0.717) is 11.3 Å². The SMILES string of the molecule is C=CC(=NO)c1ccc(F)cc1. The van der Waals surface area contributed by atoms with Gasteiger partial charge in [0.25, 0.3) is 0 Å². The van der Waals surface area contributed by atoms with Gasteiger partial charge in [0.2, 0.25) is 0 Å². The fourth-order valence-electron chi connectivity index (χ4n) is 0.837. The minimum absolute atomic E-state index is 0.319. The van der Waals surface area contributed by atoms with E-state index >= 15 is 0 Å². The molecular weight excluding hydrogens is 157 g/mol. The first-order valence-corrected chi connectivity index (χ1v) is 3.38. The van der Waals surface area contributed by atoms with Crippen LogP contribution in [0.1, 0.15) is 5.56 Å². The summed E-state index contributed by atoms with van der Waals surface area (Å²) in [6.45, 7) is 3.45. The van der Waals surface area contributed by atoms with Gasteiger partial charge < -0.3 is 5.21 Å². The summed E-state index contributed by atoms with van der Waals surface area (Å²) in [5.74, 6) is -0.319. The number of hydrogen-bond acceptors (Lipinski definition) is 2. The summed E-state index contributed by atoms with van der Waals surface area (Å²) in [5.41, 5.74) is 0.962. The second-order valence-corrected chi connectivity index (χ2v) is 2.20. The number of allylic oxidation sites excluding steroid dienone is 1. The van der Waals surface area contributed by atoms with Gasteiger partial charge in [-0.25, -0.2) is 4.39 Å². The summed E-state index contributed by atoms with van der Waals surface area (Å²) in [4.78, 5) is 0. The second kappa shape index (κ2) is 3.67. The van der Waals surface area contributed by atoms with Crippen molar-refractivity contribution in [3.63, 3.8) is 0 Å². The van der Waals surface area contributed by atoms with Gasteiger partial charge in [0.1, 0.15) is 11.5 Å². The highest BCUT2D eigenvalue weighted by Crippen LogP contribution is 2.04. The fraction of sp³-hybridized carbons (Fsp3) is 0. The molecule has 3 heteroatoms. The van der Waals surface area contributed by atoms with Gasteiger partial charge in [0.05, 0.1) is 0 Å². The van der Waals surface area contributed by atoms with Crippen LogP contribution in [-0.2, 0) is 0 Å². The van der Waals surface area contributed by atoms with Crippen LogP contribution in [-0.4, -0.2) is 10.9 Å². The topological polar surface area (TPSA) is 32.6 Å². The van der Waals surface area contributed by atoms with E-state index in [1.54, 1.807) is 0 Å². The number of oxime groups is 1. The monoisotopic (exact) mass is 165 g/mol. The van der Waals surface area contributed by atoms with Crippen LogP contribution in [0.15, 0.2) is 42.1 Å². The molecule has 12 heavy (non-hydrogen) atoms. The molecule has 1 rings (SSSR count). The minimum atomic E-state index is -0.319. The van der Waals surface area contributed by atoms with Crippen LogP contribution in [0, 0.1) is 5.82 Å².